The van der Waals surface area contributed by atoms with Crippen LogP contribution in [-0.2, 0) is 17.1 Å². The number of rotatable bonds is 3. The van der Waals surface area contributed by atoms with Crippen molar-refractivity contribution >= 4 is 0 Å². The average Bonchev–Trinajstić information content (AvgIpc) is 2.27. The monoisotopic (exact) mass is 350 g/mol. The van der Waals surface area contributed by atoms with Gasteiger partial charge < -0.3 is 16.1 Å². The van der Waals surface area contributed by atoms with Crippen molar-refractivity contribution in [3.05, 3.63) is 10.4 Å². The van der Waals surface area contributed by atoms with E-state index in [2.05, 4.69) is 10.2 Å². The van der Waals surface area contributed by atoms with Crippen LogP contribution < -0.4 is 24.4 Å². The fraction of sp³-hybridized carbons (Fsp3) is 1.00. The summed E-state index contributed by atoms with van der Waals surface area (Å²) < 4.78 is 34.0. The third kappa shape index (κ3) is 12.4. The van der Waals surface area contributed by atoms with Crippen LogP contribution in [0.2, 0.25) is 0 Å². The Kier molecular flexibility index (Phi) is 11.4. The van der Waals surface area contributed by atoms with Crippen LogP contribution in [0.5, 0.6) is 0 Å². The van der Waals surface area contributed by atoms with Crippen molar-refractivity contribution in [3.8, 4) is 0 Å². The molecule has 0 spiro atoms. The Morgan fingerprint density at radius 2 is 1.53 bits per heavy atom. The summed E-state index contributed by atoms with van der Waals surface area (Å²) in [5, 5.41) is 24.3. The van der Waals surface area contributed by atoms with Crippen molar-refractivity contribution in [2.45, 2.75) is 0 Å². The summed E-state index contributed by atoms with van der Waals surface area (Å²) >= 11 is 0. The summed E-state index contributed by atoms with van der Waals surface area (Å²) in [6, 6.07) is 0. The topological polar surface area (TPSA) is 186 Å². The molecule has 1 heterocycles. The van der Waals surface area contributed by atoms with Gasteiger partial charge in [0.2, 0.25) is 0 Å². The summed E-state index contributed by atoms with van der Waals surface area (Å²) in [7, 11) is -4.94. The zero-order valence-corrected chi connectivity index (χ0v) is 11.4. The van der Waals surface area contributed by atoms with Gasteiger partial charge in [-0.3, -0.25) is 4.90 Å². The molecule has 0 aromatic carbocycles. The van der Waals surface area contributed by atoms with E-state index in [0.29, 0.717) is 19.6 Å². The molecule has 0 amide bonds. The Morgan fingerprint density at radius 1 is 1.11 bits per heavy atom. The third-order valence-electron chi connectivity index (χ3n) is 2.11. The first kappa shape index (κ1) is 20.9. The molecule has 0 aromatic rings. The Labute approximate surface area is 122 Å². The molecule has 1 fully saturated rings. The molecular formula is C6H14ClCuN5O6. The second kappa shape index (κ2) is 10.4. The van der Waals surface area contributed by atoms with E-state index in [0.717, 1.165) is 19.6 Å². The van der Waals surface area contributed by atoms with Crippen molar-refractivity contribution in [1.82, 2.24) is 9.91 Å². The molecule has 2 N–H and O–H groups in total. The van der Waals surface area contributed by atoms with E-state index >= 15 is 0 Å². The van der Waals surface area contributed by atoms with Crippen molar-refractivity contribution < 1.29 is 50.9 Å². The van der Waals surface area contributed by atoms with Crippen molar-refractivity contribution in [3.63, 3.8) is 0 Å². The Morgan fingerprint density at radius 3 is 1.84 bits per heavy atom. The molecule has 117 valence electrons. The molecular weight excluding hydrogens is 337 g/mol. The minimum Gasteiger partial charge on any atom is -0.737 e. The first-order chi connectivity index (χ1) is 8.27. The van der Waals surface area contributed by atoms with Crippen LogP contribution >= 0.6 is 0 Å². The minimum absolute atomic E-state index is 0. The standard InChI is InChI=1S/C6H15N5O2.ClHO4.Cu/c7-1-2-9-3-5-10(6-4-9)11(13)8-12;2-1(3,4)5;/h12H,1-7H2;(H,2,3,4,5);/q;;+2/p-2. The molecule has 1 rings (SSSR count). The molecule has 1 aliphatic heterocycles. The molecule has 19 heavy (non-hydrogen) atoms. The SMILES string of the molecule is NCCN1CCN([N+]([O-])=N[O-])CC1.[Cu+2].[O-][Cl+3]([O-])([O-])[O-]. The summed E-state index contributed by atoms with van der Waals surface area (Å²) in [6.07, 6.45) is 0. The van der Waals surface area contributed by atoms with Gasteiger partial charge in [-0.25, -0.2) is 18.6 Å². The minimum atomic E-state index is -4.94. The van der Waals surface area contributed by atoms with Gasteiger partial charge in [-0.2, -0.15) is 0 Å². The van der Waals surface area contributed by atoms with E-state index in [1.54, 1.807) is 0 Å². The quantitative estimate of drug-likeness (QED) is 0.223. The van der Waals surface area contributed by atoms with Crippen LogP contribution in [0.3, 0.4) is 0 Å². The van der Waals surface area contributed by atoms with Gasteiger partial charge in [0.25, 0.3) is 0 Å². The van der Waals surface area contributed by atoms with Gasteiger partial charge in [-0.1, -0.05) is 0 Å². The molecule has 0 aromatic heterocycles. The molecule has 1 saturated heterocycles. The largest absolute Gasteiger partial charge is 2.00 e. The molecule has 0 atom stereocenters. The maximum Gasteiger partial charge on any atom is 2.00 e. The Balaban J connectivity index is 0. The van der Waals surface area contributed by atoms with Crippen molar-refractivity contribution in [2.75, 3.05) is 39.3 Å². The van der Waals surface area contributed by atoms with Crippen LogP contribution in [0.1, 0.15) is 0 Å². The van der Waals surface area contributed by atoms with Crippen LogP contribution in [0, 0.1) is 20.7 Å². The second-order valence-electron chi connectivity index (χ2n) is 3.30. The van der Waals surface area contributed by atoms with Crippen molar-refractivity contribution in [1.29, 1.82) is 0 Å². The van der Waals surface area contributed by atoms with E-state index in [4.69, 9.17) is 24.4 Å². The van der Waals surface area contributed by atoms with E-state index in [1.807, 2.05) is 0 Å². The number of halogens is 1. The number of nitrogens with two attached hydrogens (primary N) is 1. The molecule has 1 radical (unpaired) electrons. The van der Waals surface area contributed by atoms with E-state index in [9.17, 15) is 10.4 Å². The van der Waals surface area contributed by atoms with Gasteiger partial charge in [-0.15, -0.1) is 15.3 Å². The number of hydrogen-bond donors (Lipinski definition) is 1. The molecule has 0 aliphatic carbocycles. The second-order valence-corrected chi connectivity index (χ2v) is 4.05. The number of nitrogens with zero attached hydrogens (tertiary/aromatic N) is 4. The van der Waals surface area contributed by atoms with Gasteiger partial charge in [-0.05, 0) is 5.28 Å². The smallest absolute Gasteiger partial charge is 0.737 e. The van der Waals surface area contributed by atoms with Gasteiger partial charge in [0.15, 0.2) is 0 Å². The number of hydrogen-bond acceptors (Lipinski definition) is 9. The molecule has 0 unspecified atom stereocenters. The number of piperazine rings is 1. The Bertz CT molecular complexity index is 253. The van der Waals surface area contributed by atoms with Gasteiger partial charge in [0.05, 0.1) is 13.1 Å². The summed E-state index contributed by atoms with van der Waals surface area (Å²) in [6.45, 7) is 4.04. The summed E-state index contributed by atoms with van der Waals surface area (Å²) in [4.78, 5) is 2.26. The van der Waals surface area contributed by atoms with Gasteiger partial charge in [0, 0.05) is 31.1 Å². The maximum absolute atomic E-state index is 10.8. The molecule has 11 nitrogen and oxygen atoms in total. The third-order valence-corrected chi connectivity index (χ3v) is 2.11. The molecule has 0 saturated carbocycles. The zero-order chi connectivity index (χ0) is 14.2. The fourth-order valence-electron chi connectivity index (χ4n) is 1.37. The van der Waals surface area contributed by atoms with Crippen LogP contribution in [0.4, 0.5) is 0 Å². The first-order valence-corrected chi connectivity index (χ1v) is 6.11. The van der Waals surface area contributed by atoms with Crippen molar-refractivity contribution in [2.24, 2.45) is 11.0 Å². The average molecular weight is 351 g/mol. The predicted octanol–water partition coefficient (Wildman–Crippen LogP) is -5.82. The maximum atomic E-state index is 10.8. The molecule has 13 heteroatoms. The fourth-order valence-corrected chi connectivity index (χ4v) is 1.37. The van der Waals surface area contributed by atoms with E-state index < -0.39 is 10.2 Å². The first-order valence-electron chi connectivity index (χ1n) is 4.87. The molecule has 1 aliphatic rings. The van der Waals surface area contributed by atoms with Crippen LogP contribution in [0.25, 0.3) is 0 Å². The van der Waals surface area contributed by atoms with Gasteiger partial charge in [0.1, 0.15) is 0 Å². The Hall–Kier alpha value is -0.431. The predicted molar refractivity (Wildman–Crippen MR) is 46.5 cm³/mol. The number of hydrazine groups is 1. The van der Waals surface area contributed by atoms with Crippen LogP contribution in [-0.4, -0.2) is 54.1 Å². The van der Waals surface area contributed by atoms with E-state index in [1.165, 1.54) is 5.01 Å². The van der Waals surface area contributed by atoms with Gasteiger partial charge >= 0.3 is 17.1 Å². The zero-order valence-electron chi connectivity index (χ0n) is 9.74. The summed E-state index contributed by atoms with van der Waals surface area (Å²) in [5.74, 6) is 0. The summed E-state index contributed by atoms with van der Waals surface area (Å²) in [5.41, 5.74) is 5.38. The van der Waals surface area contributed by atoms with Crippen LogP contribution in [0.15, 0.2) is 5.28 Å². The molecule has 0 bridgehead atoms. The normalized spacial score (nSPS) is 17.3. The van der Waals surface area contributed by atoms with E-state index in [-0.39, 0.29) is 22.0 Å².